The minimum Gasteiger partial charge on any atom is -0.495 e. The molecule has 0 aliphatic carbocycles. The fourth-order valence-electron chi connectivity index (χ4n) is 2.29. The van der Waals surface area contributed by atoms with Gasteiger partial charge in [0.2, 0.25) is 15.9 Å². The molecule has 150 valence electrons. The van der Waals surface area contributed by atoms with Crippen molar-refractivity contribution in [2.75, 3.05) is 33.6 Å². The molecule has 0 unspecified atom stereocenters. The second-order valence-corrected chi connectivity index (χ2v) is 7.99. The molecule has 9 heteroatoms. The number of methoxy groups -OCH3 is 2. The molecule has 2 aromatic rings. The number of nitrogens with zero attached hydrogens (tertiary/aromatic N) is 1. The average molecular weight is 408 g/mol. The fraction of sp³-hybridized carbons (Fsp3) is 0.211. The molecule has 0 saturated heterocycles. The number of anilines is 1. The van der Waals surface area contributed by atoms with Gasteiger partial charge in [0, 0.05) is 25.9 Å². The highest BCUT2D eigenvalue weighted by Crippen LogP contribution is 2.28. The van der Waals surface area contributed by atoms with Crippen LogP contribution in [0.4, 0.5) is 10.1 Å². The van der Waals surface area contributed by atoms with Crippen LogP contribution in [-0.4, -0.2) is 46.9 Å². The van der Waals surface area contributed by atoms with Gasteiger partial charge < -0.3 is 14.8 Å². The molecular formula is C19H21FN2O5S. The Morgan fingerprint density at radius 1 is 1.07 bits per heavy atom. The summed E-state index contributed by atoms with van der Waals surface area (Å²) >= 11 is 0. The van der Waals surface area contributed by atoms with E-state index in [1.165, 1.54) is 70.8 Å². The Kier molecular flexibility index (Phi) is 6.76. The van der Waals surface area contributed by atoms with Crippen LogP contribution in [0.5, 0.6) is 11.5 Å². The van der Waals surface area contributed by atoms with E-state index in [2.05, 4.69) is 5.32 Å². The molecule has 0 saturated carbocycles. The van der Waals surface area contributed by atoms with Crippen LogP contribution in [0.15, 0.2) is 47.4 Å². The van der Waals surface area contributed by atoms with Crippen LogP contribution in [0.2, 0.25) is 0 Å². The molecule has 2 rings (SSSR count). The van der Waals surface area contributed by atoms with Crippen molar-refractivity contribution in [3.63, 3.8) is 0 Å². The zero-order valence-electron chi connectivity index (χ0n) is 15.9. The van der Waals surface area contributed by atoms with E-state index < -0.39 is 21.7 Å². The van der Waals surface area contributed by atoms with E-state index in [-0.39, 0.29) is 22.1 Å². The third-order valence-electron chi connectivity index (χ3n) is 3.79. The largest absolute Gasteiger partial charge is 0.495 e. The summed E-state index contributed by atoms with van der Waals surface area (Å²) in [6.45, 7) is 0. The number of benzene rings is 2. The van der Waals surface area contributed by atoms with Crippen molar-refractivity contribution in [1.29, 1.82) is 0 Å². The summed E-state index contributed by atoms with van der Waals surface area (Å²) in [5.41, 5.74) is 0.746. The summed E-state index contributed by atoms with van der Waals surface area (Å²) in [5, 5.41) is 2.57. The van der Waals surface area contributed by atoms with E-state index in [9.17, 15) is 17.6 Å². The molecule has 0 atom stereocenters. The van der Waals surface area contributed by atoms with Crippen molar-refractivity contribution in [2.45, 2.75) is 4.90 Å². The van der Waals surface area contributed by atoms with Gasteiger partial charge in [-0.05, 0) is 42.0 Å². The van der Waals surface area contributed by atoms with E-state index in [0.717, 1.165) is 4.31 Å². The second-order valence-electron chi connectivity index (χ2n) is 5.87. The molecular weight excluding hydrogens is 387 g/mol. The number of hydrogen-bond acceptors (Lipinski definition) is 5. The first-order chi connectivity index (χ1) is 13.2. The van der Waals surface area contributed by atoms with E-state index in [4.69, 9.17) is 9.47 Å². The maximum absolute atomic E-state index is 13.7. The maximum Gasteiger partial charge on any atom is 0.248 e. The van der Waals surface area contributed by atoms with Crippen molar-refractivity contribution in [2.24, 2.45) is 0 Å². The molecule has 0 fully saturated rings. The molecule has 1 N–H and O–H groups in total. The lowest BCUT2D eigenvalue weighted by molar-refractivity contribution is -0.111. The van der Waals surface area contributed by atoms with Crippen LogP contribution < -0.4 is 14.8 Å². The van der Waals surface area contributed by atoms with Crippen LogP contribution in [0.1, 0.15) is 5.56 Å². The molecule has 0 aliphatic rings. The normalized spacial score (nSPS) is 11.6. The van der Waals surface area contributed by atoms with Crippen LogP contribution in [-0.2, 0) is 14.8 Å². The van der Waals surface area contributed by atoms with Crippen LogP contribution in [0.3, 0.4) is 0 Å². The summed E-state index contributed by atoms with van der Waals surface area (Å²) in [6, 6.07) is 8.57. The zero-order chi connectivity index (χ0) is 20.9. The van der Waals surface area contributed by atoms with Gasteiger partial charge in [0.05, 0.1) is 14.2 Å². The molecule has 28 heavy (non-hydrogen) atoms. The lowest BCUT2D eigenvalue weighted by Gasteiger charge is -2.15. The van der Waals surface area contributed by atoms with Gasteiger partial charge in [-0.2, -0.15) is 0 Å². The molecule has 7 nitrogen and oxygen atoms in total. The van der Waals surface area contributed by atoms with Gasteiger partial charge in [-0.1, -0.05) is 6.07 Å². The van der Waals surface area contributed by atoms with Crippen molar-refractivity contribution >= 4 is 27.7 Å². The first-order valence-corrected chi connectivity index (χ1v) is 9.56. The number of halogens is 1. The molecule has 0 aliphatic heterocycles. The molecule has 0 spiro atoms. The Labute approximate surface area is 163 Å². The Balaban J connectivity index is 2.21. The van der Waals surface area contributed by atoms with E-state index in [1.807, 2.05) is 0 Å². The fourth-order valence-corrected chi connectivity index (χ4v) is 3.37. The Morgan fingerprint density at radius 2 is 1.71 bits per heavy atom. The lowest BCUT2D eigenvalue weighted by Crippen LogP contribution is -2.23. The summed E-state index contributed by atoms with van der Waals surface area (Å²) in [4.78, 5) is 12.1. The number of hydrogen-bond donors (Lipinski definition) is 1. The van der Waals surface area contributed by atoms with Crippen LogP contribution >= 0.6 is 0 Å². The highest BCUT2D eigenvalue weighted by atomic mass is 32.2. The zero-order valence-corrected chi connectivity index (χ0v) is 16.7. The second kappa shape index (κ2) is 8.85. The van der Waals surface area contributed by atoms with Gasteiger partial charge in [0.25, 0.3) is 0 Å². The smallest absolute Gasteiger partial charge is 0.248 e. The van der Waals surface area contributed by atoms with Gasteiger partial charge in [-0.3, -0.25) is 4.79 Å². The predicted molar refractivity (Wildman–Crippen MR) is 104 cm³/mol. The third kappa shape index (κ3) is 4.87. The van der Waals surface area contributed by atoms with Gasteiger partial charge >= 0.3 is 0 Å². The highest BCUT2D eigenvalue weighted by molar-refractivity contribution is 7.89. The number of sulfonamides is 1. The predicted octanol–water partition coefficient (Wildman–Crippen LogP) is 2.75. The summed E-state index contributed by atoms with van der Waals surface area (Å²) in [7, 11) is 1.76. The summed E-state index contributed by atoms with van der Waals surface area (Å²) in [5.74, 6) is -0.779. The first kappa shape index (κ1) is 21.4. The quantitative estimate of drug-likeness (QED) is 0.712. The Bertz CT molecular complexity index is 1000. The third-order valence-corrected chi connectivity index (χ3v) is 5.63. The van der Waals surface area contributed by atoms with E-state index in [1.54, 1.807) is 6.07 Å². The minimum atomic E-state index is -3.76. The first-order valence-electron chi connectivity index (χ1n) is 8.12. The number of carbonyl (C=O) groups is 1. The SMILES string of the molecule is COc1ccc(/C=C/C(=O)Nc2ccc(OC)c(S(=O)(=O)N(C)C)c2)cc1F. The minimum absolute atomic E-state index is 0.0704. The number of nitrogens with one attached hydrogen (secondary N) is 1. The molecule has 2 aromatic carbocycles. The van der Waals surface area contributed by atoms with Crippen molar-refractivity contribution < 1.29 is 27.1 Å². The van der Waals surface area contributed by atoms with Gasteiger partial charge in [0.15, 0.2) is 11.6 Å². The standard InChI is InChI=1S/C19H21FN2O5S/c1-22(2)28(24,25)18-12-14(7-9-17(18)27-4)21-19(23)10-6-13-5-8-16(26-3)15(20)11-13/h5-12H,1-4H3,(H,21,23)/b10-6+. The van der Waals surface area contributed by atoms with Crippen molar-refractivity contribution in [3.8, 4) is 11.5 Å². The van der Waals surface area contributed by atoms with Gasteiger partial charge in [-0.15, -0.1) is 0 Å². The molecule has 1 amide bonds. The molecule has 0 radical (unpaired) electrons. The van der Waals surface area contributed by atoms with Crippen LogP contribution in [0.25, 0.3) is 6.08 Å². The number of amides is 1. The monoisotopic (exact) mass is 408 g/mol. The highest BCUT2D eigenvalue weighted by Gasteiger charge is 2.22. The number of carbonyl (C=O) groups excluding carboxylic acids is 1. The Hall–Kier alpha value is -2.91. The summed E-state index contributed by atoms with van der Waals surface area (Å²) < 4.78 is 49.5. The lowest BCUT2D eigenvalue weighted by atomic mass is 10.2. The van der Waals surface area contributed by atoms with E-state index >= 15 is 0 Å². The number of rotatable bonds is 7. The van der Waals surface area contributed by atoms with E-state index in [0.29, 0.717) is 5.56 Å². The van der Waals surface area contributed by atoms with Crippen molar-refractivity contribution in [1.82, 2.24) is 4.31 Å². The topological polar surface area (TPSA) is 84.9 Å². The summed E-state index contributed by atoms with van der Waals surface area (Å²) in [6.07, 6.45) is 2.64. The van der Waals surface area contributed by atoms with Gasteiger partial charge in [-0.25, -0.2) is 17.1 Å². The maximum atomic E-state index is 13.7. The molecule has 0 heterocycles. The van der Waals surface area contributed by atoms with Gasteiger partial charge in [0.1, 0.15) is 10.6 Å². The number of ether oxygens (including phenoxy) is 2. The molecule has 0 aromatic heterocycles. The Morgan fingerprint density at radius 3 is 2.29 bits per heavy atom. The van der Waals surface area contributed by atoms with Crippen LogP contribution in [0, 0.1) is 5.82 Å². The molecule has 0 bridgehead atoms. The average Bonchev–Trinajstić information content (AvgIpc) is 2.66. The van der Waals surface area contributed by atoms with Crippen molar-refractivity contribution in [3.05, 3.63) is 53.9 Å².